The summed E-state index contributed by atoms with van der Waals surface area (Å²) >= 11 is 0. The van der Waals surface area contributed by atoms with Crippen LogP contribution in [0.15, 0.2) is 67.1 Å². The average molecular weight is 517 g/mol. The highest BCUT2D eigenvalue weighted by atomic mass is 28.4. The lowest BCUT2D eigenvalue weighted by atomic mass is 9.87. The Kier molecular flexibility index (Phi) is 7.81. The van der Waals surface area contributed by atoms with Crippen LogP contribution in [0.2, 0.25) is 18.1 Å². The Balaban J connectivity index is 1.73. The number of benzene rings is 2. The van der Waals surface area contributed by atoms with Crippen molar-refractivity contribution in [3.63, 3.8) is 0 Å². The summed E-state index contributed by atoms with van der Waals surface area (Å²) in [6, 6.07) is 17.1. The van der Waals surface area contributed by atoms with Gasteiger partial charge in [0.05, 0.1) is 19.7 Å². The van der Waals surface area contributed by atoms with Gasteiger partial charge < -0.3 is 18.5 Å². The monoisotopic (exact) mass is 516 g/mol. The quantitative estimate of drug-likeness (QED) is 0.213. The van der Waals surface area contributed by atoms with Crippen molar-refractivity contribution in [1.29, 1.82) is 0 Å². The normalized spacial score (nSPS) is 13.1. The number of hydrogen-bond acceptors (Lipinski definition) is 4. The Bertz CT molecular complexity index is 1350. The standard InChI is InChI=1S/C31H40N2O3Si/c1-31(2,3)37(7,8)36-14-12-29(24-17-27(34-5)19-28(18-24)35-6)22-9-10-30-25(15-22)16-26(20-32-30)23-11-13-33(4)21-23/h9-11,13,15-21,29H,12,14H2,1-8H3. The first-order valence-electron chi connectivity index (χ1n) is 12.9. The zero-order chi connectivity index (χ0) is 26.8. The second-order valence-corrected chi connectivity index (χ2v) is 16.1. The maximum absolute atomic E-state index is 6.61. The summed E-state index contributed by atoms with van der Waals surface area (Å²) in [6.07, 6.45) is 7.00. The van der Waals surface area contributed by atoms with Gasteiger partial charge in [-0.15, -0.1) is 0 Å². The number of aromatic nitrogens is 2. The number of nitrogens with zero attached hydrogens (tertiary/aromatic N) is 2. The molecule has 0 N–H and O–H groups in total. The van der Waals surface area contributed by atoms with Crippen LogP contribution in [-0.4, -0.2) is 38.7 Å². The van der Waals surface area contributed by atoms with Gasteiger partial charge in [0.1, 0.15) is 11.5 Å². The summed E-state index contributed by atoms with van der Waals surface area (Å²) in [5.41, 5.74) is 5.66. The van der Waals surface area contributed by atoms with Crippen molar-refractivity contribution in [3.8, 4) is 22.6 Å². The SMILES string of the molecule is COc1cc(OC)cc(C(CCO[Si](C)(C)C(C)(C)C)c2ccc3ncc(-c4ccn(C)c4)cc3c2)c1. The van der Waals surface area contributed by atoms with E-state index in [9.17, 15) is 0 Å². The van der Waals surface area contributed by atoms with Crippen molar-refractivity contribution in [2.75, 3.05) is 20.8 Å². The van der Waals surface area contributed by atoms with Gasteiger partial charge in [0.2, 0.25) is 0 Å². The molecule has 4 rings (SSSR count). The van der Waals surface area contributed by atoms with E-state index in [2.05, 4.69) is 93.3 Å². The fourth-order valence-electron chi connectivity index (χ4n) is 4.40. The first-order chi connectivity index (χ1) is 17.5. The highest BCUT2D eigenvalue weighted by Gasteiger charge is 2.37. The molecule has 2 heterocycles. The summed E-state index contributed by atoms with van der Waals surface area (Å²) in [5, 5.41) is 1.30. The van der Waals surface area contributed by atoms with Crippen molar-refractivity contribution in [2.24, 2.45) is 7.05 Å². The maximum atomic E-state index is 6.61. The lowest BCUT2D eigenvalue weighted by Gasteiger charge is -2.36. The molecule has 0 amide bonds. The third-order valence-corrected chi connectivity index (χ3v) is 12.3. The minimum atomic E-state index is -1.86. The first-order valence-corrected chi connectivity index (χ1v) is 15.8. The molecule has 1 unspecified atom stereocenters. The Labute approximate surface area is 222 Å². The van der Waals surface area contributed by atoms with E-state index in [0.29, 0.717) is 6.61 Å². The molecule has 0 bridgehead atoms. The van der Waals surface area contributed by atoms with Gasteiger partial charge in [-0.05, 0) is 72.1 Å². The highest BCUT2D eigenvalue weighted by molar-refractivity contribution is 6.74. The smallest absolute Gasteiger partial charge is 0.191 e. The van der Waals surface area contributed by atoms with Crippen LogP contribution in [-0.2, 0) is 11.5 Å². The van der Waals surface area contributed by atoms with E-state index in [4.69, 9.17) is 18.9 Å². The minimum Gasteiger partial charge on any atom is -0.497 e. The Morgan fingerprint density at radius 2 is 1.59 bits per heavy atom. The molecule has 1 atom stereocenters. The van der Waals surface area contributed by atoms with Crippen molar-refractivity contribution >= 4 is 19.2 Å². The van der Waals surface area contributed by atoms with Crippen molar-refractivity contribution in [2.45, 2.75) is 51.2 Å². The molecule has 0 aliphatic rings. The summed E-state index contributed by atoms with van der Waals surface area (Å²) in [7, 11) is 3.57. The number of ether oxygens (including phenoxy) is 2. The van der Waals surface area contributed by atoms with Crippen molar-refractivity contribution < 1.29 is 13.9 Å². The number of rotatable bonds is 9. The molecule has 0 spiro atoms. The van der Waals surface area contributed by atoms with Gasteiger partial charge in [0.25, 0.3) is 0 Å². The summed E-state index contributed by atoms with van der Waals surface area (Å²) in [6.45, 7) is 12.2. The van der Waals surface area contributed by atoms with Crippen LogP contribution in [0.3, 0.4) is 0 Å². The molecule has 5 nitrogen and oxygen atoms in total. The number of hydrogen-bond donors (Lipinski definition) is 0. The highest BCUT2D eigenvalue weighted by Crippen LogP contribution is 2.39. The lowest BCUT2D eigenvalue weighted by Crippen LogP contribution is -2.41. The van der Waals surface area contributed by atoms with Crippen molar-refractivity contribution in [3.05, 3.63) is 78.2 Å². The van der Waals surface area contributed by atoms with Gasteiger partial charge in [-0.25, -0.2) is 0 Å². The van der Waals surface area contributed by atoms with E-state index in [1.54, 1.807) is 14.2 Å². The average Bonchev–Trinajstić information content (AvgIpc) is 3.31. The topological polar surface area (TPSA) is 45.5 Å². The number of fused-ring (bicyclic) bond motifs is 1. The van der Waals surface area contributed by atoms with Crippen LogP contribution >= 0.6 is 0 Å². The summed E-state index contributed by atoms with van der Waals surface area (Å²) in [5.74, 6) is 1.70. The first kappa shape index (κ1) is 27.0. The van der Waals surface area contributed by atoms with Crippen molar-refractivity contribution in [1.82, 2.24) is 9.55 Å². The van der Waals surface area contributed by atoms with Crippen LogP contribution in [0, 0.1) is 0 Å². The molecule has 0 saturated heterocycles. The van der Waals surface area contributed by atoms with Crippen LogP contribution in [0.1, 0.15) is 44.2 Å². The predicted octanol–water partition coefficient (Wildman–Crippen LogP) is 7.80. The molecule has 0 saturated carbocycles. The second kappa shape index (κ2) is 10.7. The summed E-state index contributed by atoms with van der Waals surface area (Å²) < 4.78 is 19.9. The number of pyridine rings is 1. The van der Waals surface area contributed by atoms with Gasteiger partial charge in [-0.2, -0.15) is 0 Å². The van der Waals surface area contributed by atoms with E-state index < -0.39 is 8.32 Å². The molecule has 196 valence electrons. The van der Waals surface area contributed by atoms with Crippen LogP contribution in [0.25, 0.3) is 22.0 Å². The van der Waals surface area contributed by atoms with E-state index in [1.165, 1.54) is 11.1 Å². The maximum Gasteiger partial charge on any atom is 0.191 e. The molecule has 6 heteroatoms. The Morgan fingerprint density at radius 1 is 0.892 bits per heavy atom. The van der Waals surface area contributed by atoms with Gasteiger partial charge in [-0.1, -0.05) is 26.8 Å². The van der Waals surface area contributed by atoms with Crippen LogP contribution < -0.4 is 9.47 Å². The van der Waals surface area contributed by atoms with E-state index in [0.717, 1.165) is 39.9 Å². The van der Waals surface area contributed by atoms with E-state index in [-0.39, 0.29) is 11.0 Å². The minimum absolute atomic E-state index is 0.124. The zero-order valence-electron chi connectivity index (χ0n) is 23.5. The largest absolute Gasteiger partial charge is 0.497 e. The molecule has 0 radical (unpaired) electrons. The number of methoxy groups -OCH3 is 2. The Morgan fingerprint density at radius 3 is 2.19 bits per heavy atom. The zero-order valence-corrected chi connectivity index (χ0v) is 24.5. The molecular formula is C31H40N2O3Si. The van der Waals surface area contributed by atoms with E-state index in [1.807, 2.05) is 19.3 Å². The fraction of sp³-hybridized carbons (Fsp3) is 0.387. The fourth-order valence-corrected chi connectivity index (χ4v) is 5.46. The molecule has 0 fully saturated rings. The lowest BCUT2D eigenvalue weighted by molar-refractivity contribution is 0.276. The second-order valence-electron chi connectivity index (χ2n) is 11.3. The van der Waals surface area contributed by atoms with Crippen LogP contribution in [0.4, 0.5) is 0 Å². The van der Waals surface area contributed by atoms with Gasteiger partial charge in [0, 0.05) is 60.7 Å². The molecule has 4 aromatic rings. The van der Waals surface area contributed by atoms with Gasteiger partial charge in [-0.3, -0.25) is 4.98 Å². The number of aryl methyl sites for hydroxylation is 1. The third kappa shape index (κ3) is 6.08. The molecule has 2 aromatic carbocycles. The predicted molar refractivity (Wildman–Crippen MR) is 155 cm³/mol. The molecular weight excluding hydrogens is 476 g/mol. The molecule has 37 heavy (non-hydrogen) atoms. The third-order valence-electron chi connectivity index (χ3n) is 7.72. The Hall–Kier alpha value is -3.09. The summed E-state index contributed by atoms with van der Waals surface area (Å²) in [4.78, 5) is 4.75. The van der Waals surface area contributed by atoms with Gasteiger partial charge in [0.15, 0.2) is 8.32 Å². The molecule has 0 aliphatic heterocycles. The van der Waals surface area contributed by atoms with Crippen LogP contribution in [0.5, 0.6) is 11.5 Å². The molecule has 2 aromatic heterocycles. The molecule has 0 aliphatic carbocycles. The van der Waals surface area contributed by atoms with Gasteiger partial charge >= 0.3 is 0 Å². The van der Waals surface area contributed by atoms with E-state index >= 15 is 0 Å².